The van der Waals surface area contributed by atoms with Crippen LogP contribution in [0, 0.1) is 0 Å². The predicted molar refractivity (Wildman–Crippen MR) is 76.4 cm³/mol. The third kappa shape index (κ3) is 3.42. The molecular formula is C14H19N5O. The van der Waals surface area contributed by atoms with Crippen LogP contribution in [0.4, 0.5) is 0 Å². The van der Waals surface area contributed by atoms with E-state index in [-0.39, 0.29) is 11.9 Å². The molecule has 1 aromatic carbocycles. The molecule has 1 heterocycles. The van der Waals surface area contributed by atoms with Crippen LogP contribution in [-0.2, 0) is 11.3 Å². The molecular weight excluding hydrogens is 254 g/mol. The van der Waals surface area contributed by atoms with Crippen molar-refractivity contribution in [3.63, 3.8) is 0 Å². The molecule has 1 amide bonds. The maximum Gasteiger partial charge on any atom is 0.238 e. The van der Waals surface area contributed by atoms with Gasteiger partial charge >= 0.3 is 0 Å². The summed E-state index contributed by atoms with van der Waals surface area (Å²) >= 11 is 0. The van der Waals surface area contributed by atoms with E-state index in [1.165, 1.54) is 0 Å². The fourth-order valence-electron chi connectivity index (χ4n) is 1.79. The highest BCUT2D eigenvalue weighted by Crippen LogP contribution is 2.04. The lowest BCUT2D eigenvalue weighted by atomic mass is 10.3. The van der Waals surface area contributed by atoms with E-state index in [1.807, 2.05) is 37.3 Å². The number of para-hydroxylation sites is 1. The monoisotopic (exact) mass is 273 g/mol. The molecule has 0 spiro atoms. The number of nitrogens with one attached hydrogen (secondary N) is 1. The van der Waals surface area contributed by atoms with Gasteiger partial charge in [-0.05, 0) is 19.1 Å². The van der Waals surface area contributed by atoms with E-state index in [0.29, 0.717) is 6.54 Å². The highest BCUT2D eigenvalue weighted by Gasteiger charge is 2.14. The number of rotatable bonds is 5. The predicted octanol–water partition coefficient (Wildman–Crippen LogP) is 0.834. The summed E-state index contributed by atoms with van der Waals surface area (Å²) in [6.07, 6.45) is 1.70. The van der Waals surface area contributed by atoms with Gasteiger partial charge in [-0.1, -0.05) is 18.2 Å². The van der Waals surface area contributed by atoms with Crippen molar-refractivity contribution in [2.75, 3.05) is 14.1 Å². The molecule has 1 unspecified atom stereocenters. The SMILES string of the molecule is CC(NCc1cnn(-c2ccccc2)n1)C(=O)N(C)C. The molecule has 0 bridgehead atoms. The van der Waals surface area contributed by atoms with Gasteiger partial charge in [0.25, 0.3) is 0 Å². The molecule has 2 rings (SSSR count). The highest BCUT2D eigenvalue weighted by molar-refractivity contribution is 5.80. The van der Waals surface area contributed by atoms with Crippen molar-refractivity contribution >= 4 is 5.91 Å². The molecule has 1 N–H and O–H groups in total. The van der Waals surface area contributed by atoms with E-state index in [1.54, 1.807) is 30.0 Å². The number of aromatic nitrogens is 3. The summed E-state index contributed by atoms with van der Waals surface area (Å²) in [6.45, 7) is 2.34. The van der Waals surface area contributed by atoms with Gasteiger partial charge in [0.05, 0.1) is 23.6 Å². The zero-order chi connectivity index (χ0) is 14.5. The summed E-state index contributed by atoms with van der Waals surface area (Å²) in [5.41, 5.74) is 1.71. The lowest BCUT2D eigenvalue weighted by molar-refractivity contribution is -0.130. The molecule has 1 atom stereocenters. The van der Waals surface area contributed by atoms with E-state index < -0.39 is 0 Å². The zero-order valence-electron chi connectivity index (χ0n) is 11.9. The molecule has 2 aromatic rings. The van der Waals surface area contributed by atoms with Gasteiger partial charge in [-0.25, -0.2) is 0 Å². The van der Waals surface area contributed by atoms with Crippen molar-refractivity contribution in [3.05, 3.63) is 42.2 Å². The van der Waals surface area contributed by atoms with Crippen molar-refractivity contribution in [2.45, 2.75) is 19.5 Å². The van der Waals surface area contributed by atoms with E-state index in [0.717, 1.165) is 11.4 Å². The molecule has 0 aliphatic rings. The lowest BCUT2D eigenvalue weighted by Crippen LogP contribution is -2.41. The molecule has 1 aromatic heterocycles. The average Bonchev–Trinajstić information content (AvgIpc) is 2.93. The molecule has 106 valence electrons. The second kappa shape index (κ2) is 6.29. The van der Waals surface area contributed by atoms with Crippen LogP contribution in [0.2, 0.25) is 0 Å². The maximum atomic E-state index is 11.7. The number of nitrogens with zero attached hydrogens (tertiary/aromatic N) is 4. The number of amides is 1. The largest absolute Gasteiger partial charge is 0.347 e. The Hall–Kier alpha value is -2.21. The Bertz CT molecular complexity index is 564. The van der Waals surface area contributed by atoms with Gasteiger partial charge in [-0.2, -0.15) is 15.0 Å². The Kier molecular flexibility index (Phi) is 4.47. The molecule has 0 aliphatic carbocycles. The Morgan fingerprint density at radius 3 is 2.70 bits per heavy atom. The van der Waals surface area contributed by atoms with Gasteiger partial charge < -0.3 is 10.2 Å². The van der Waals surface area contributed by atoms with Crippen molar-refractivity contribution in [3.8, 4) is 5.69 Å². The number of hydrogen-bond donors (Lipinski definition) is 1. The van der Waals surface area contributed by atoms with Gasteiger partial charge in [0, 0.05) is 20.6 Å². The molecule has 6 nitrogen and oxygen atoms in total. The first-order valence-electron chi connectivity index (χ1n) is 6.49. The van der Waals surface area contributed by atoms with Crippen molar-refractivity contribution in [1.29, 1.82) is 0 Å². The number of carbonyl (C=O) groups excluding carboxylic acids is 1. The van der Waals surface area contributed by atoms with Crippen LogP contribution in [-0.4, -0.2) is 45.9 Å². The normalized spacial score (nSPS) is 12.2. The van der Waals surface area contributed by atoms with E-state index >= 15 is 0 Å². The second-order valence-electron chi connectivity index (χ2n) is 4.80. The Labute approximate surface area is 118 Å². The number of benzene rings is 1. The van der Waals surface area contributed by atoms with Gasteiger partial charge in [-0.15, -0.1) is 0 Å². The molecule has 0 saturated carbocycles. The van der Waals surface area contributed by atoms with E-state index in [2.05, 4.69) is 15.5 Å². The summed E-state index contributed by atoms with van der Waals surface area (Å²) < 4.78 is 0. The van der Waals surface area contributed by atoms with Crippen LogP contribution in [0.15, 0.2) is 36.5 Å². The fraction of sp³-hybridized carbons (Fsp3) is 0.357. The topological polar surface area (TPSA) is 63.1 Å². The number of likely N-dealkylation sites (N-methyl/N-ethyl adjacent to an activating group) is 1. The Balaban J connectivity index is 1.95. The minimum atomic E-state index is -0.244. The third-order valence-corrected chi connectivity index (χ3v) is 2.93. The minimum absolute atomic E-state index is 0.0421. The Morgan fingerprint density at radius 1 is 1.35 bits per heavy atom. The summed E-state index contributed by atoms with van der Waals surface area (Å²) in [4.78, 5) is 14.9. The smallest absolute Gasteiger partial charge is 0.238 e. The van der Waals surface area contributed by atoms with Crippen LogP contribution >= 0.6 is 0 Å². The van der Waals surface area contributed by atoms with Crippen molar-refractivity contribution in [1.82, 2.24) is 25.2 Å². The summed E-state index contributed by atoms with van der Waals surface area (Å²) in [7, 11) is 3.48. The van der Waals surface area contributed by atoms with Crippen LogP contribution in [0.1, 0.15) is 12.6 Å². The summed E-state index contributed by atoms with van der Waals surface area (Å²) in [5.74, 6) is 0.0421. The zero-order valence-corrected chi connectivity index (χ0v) is 11.9. The Morgan fingerprint density at radius 2 is 2.05 bits per heavy atom. The molecule has 0 fully saturated rings. The standard InChI is InChI=1S/C14H19N5O/c1-11(14(20)18(2)3)15-9-12-10-16-19(17-12)13-7-5-4-6-8-13/h4-8,10-11,15H,9H2,1-3H3. The van der Waals surface area contributed by atoms with Crippen LogP contribution in [0.3, 0.4) is 0 Å². The lowest BCUT2D eigenvalue weighted by Gasteiger charge is -2.17. The van der Waals surface area contributed by atoms with E-state index in [4.69, 9.17) is 0 Å². The van der Waals surface area contributed by atoms with Gasteiger partial charge in [0.2, 0.25) is 5.91 Å². The van der Waals surface area contributed by atoms with Gasteiger partial charge in [-0.3, -0.25) is 4.79 Å². The number of carbonyl (C=O) groups is 1. The van der Waals surface area contributed by atoms with Gasteiger partial charge in [0.1, 0.15) is 0 Å². The minimum Gasteiger partial charge on any atom is -0.347 e. The quantitative estimate of drug-likeness (QED) is 0.876. The molecule has 0 saturated heterocycles. The summed E-state index contributed by atoms with van der Waals surface area (Å²) in [6, 6.07) is 9.46. The van der Waals surface area contributed by atoms with Gasteiger partial charge in [0.15, 0.2) is 0 Å². The fourth-order valence-corrected chi connectivity index (χ4v) is 1.79. The van der Waals surface area contributed by atoms with Crippen LogP contribution < -0.4 is 5.32 Å². The highest BCUT2D eigenvalue weighted by atomic mass is 16.2. The van der Waals surface area contributed by atoms with Crippen LogP contribution in [0.25, 0.3) is 5.69 Å². The first-order chi connectivity index (χ1) is 9.58. The molecule has 6 heteroatoms. The third-order valence-electron chi connectivity index (χ3n) is 2.93. The van der Waals surface area contributed by atoms with Crippen molar-refractivity contribution < 1.29 is 4.79 Å². The van der Waals surface area contributed by atoms with E-state index in [9.17, 15) is 4.79 Å². The van der Waals surface area contributed by atoms with Crippen LogP contribution in [0.5, 0.6) is 0 Å². The maximum absolute atomic E-state index is 11.7. The molecule has 0 aliphatic heterocycles. The average molecular weight is 273 g/mol. The summed E-state index contributed by atoms with van der Waals surface area (Å²) in [5, 5.41) is 11.7. The first-order valence-corrected chi connectivity index (χ1v) is 6.49. The molecule has 0 radical (unpaired) electrons. The second-order valence-corrected chi connectivity index (χ2v) is 4.80. The number of hydrogen-bond acceptors (Lipinski definition) is 4. The molecule has 20 heavy (non-hydrogen) atoms. The first kappa shape index (κ1) is 14.2. The van der Waals surface area contributed by atoms with Crippen molar-refractivity contribution in [2.24, 2.45) is 0 Å².